The third-order valence-electron chi connectivity index (χ3n) is 4.77. The molecule has 0 aliphatic heterocycles. The Bertz CT molecular complexity index is 959. The molecule has 0 saturated heterocycles. The van der Waals surface area contributed by atoms with Gasteiger partial charge in [0.1, 0.15) is 6.54 Å². The van der Waals surface area contributed by atoms with Crippen LogP contribution >= 0.6 is 12.4 Å². The van der Waals surface area contributed by atoms with Gasteiger partial charge in [0, 0.05) is 0 Å². The lowest BCUT2D eigenvalue weighted by atomic mass is 9.99. The molecule has 0 bridgehead atoms. The molecule has 0 radical (unpaired) electrons. The number of benzene rings is 1. The standard InChI is InChI=1S/C17H19N5O2.ClH/c1-11-5-4-6-12-14(11)19-10-22(15(12)23)9-13-20-16(21-24-13)17(18)7-2-3-8-17;/h4-6,10H,2-3,7-9,18H2,1H3;1H. The lowest BCUT2D eigenvalue weighted by molar-refractivity contribution is 0.343. The van der Waals surface area contributed by atoms with Gasteiger partial charge in [0.05, 0.1) is 22.8 Å². The van der Waals surface area contributed by atoms with Crippen LogP contribution in [-0.4, -0.2) is 19.7 Å². The summed E-state index contributed by atoms with van der Waals surface area (Å²) in [6, 6.07) is 5.57. The highest BCUT2D eigenvalue weighted by Gasteiger charge is 2.35. The molecule has 4 rings (SSSR count). The zero-order valence-corrected chi connectivity index (χ0v) is 14.8. The average molecular weight is 362 g/mol. The number of hydrogen-bond acceptors (Lipinski definition) is 6. The van der Waals surface area contributed by atoms with E-state index in [1.165, 1.54) is 10.9 Å². The Kier molecular flexibility index (Phi) is 4.62. The Morgan fingerprint density at radius 3 is 2.84 bits per heavy atom. The van der Waals surface area contributed by atoms with Crippen molar-refractivity contribution in [2.24, 2.45) is 5.73 Å². The Morgan fingerprint density at radius 2 is 2.08 bits per heavy atom. The molecule has 0 spiro atoms. The molecule has 132 valence electrons. The van der Waals surface area contributed by atoms with E-state index in [4.69, 9.17) is 10.3 Å². The van der Waals surface area contributed by atoms with Crippen LogP contribution < -0.4 is 11.3 Å². The van der Waals surface area contributed by atoms with E-state index in [9.17, 15) is 4.79 Å². The minimum absolute atomic E-state index is 0. The van der Waals surface area contributed by atoms with E-state index >= 15 is 0 Å². The number of nitrogens with zero attached hydrogens (tertiary/aromatic N) is 4. The van der Waals surface area contributed by atoms with Crippen LogP contribution in [0, 0.1) is 6.92 Å². The van der Waals surface area contributed by atoms with Crippen molar-refractivity contribution in [1.82, 2.24) is 19.7 Å². The van der Waals surface area contributed by atoms with Crippen molar-refractivity contribution in [3.63, 3.8) is 0 Å². The van der Waals surface area contributed by atoms with E-state index in [2.05, 4.69) is 15.1 Å². The minimum atomic E-state index is -0.495. The Morgan fingerprint density at radius 1 is 1.32 bits per heavy atom. The number of aromatic nitrogens is 4. The van der Waals surface area contributed by atoms with Crippen LogP contribution in [0.4, 0.5) is 0 Å². The van der Waals surface area contributed by atoms with Gasteiger partial charge < -0.3 is 10.3 Å². The summed E-state index contributed by atoms with van der Waals surface area (Å²) in [7, 11) is 0. The predicted molar refractivity (Wildman–Crippen MR) is 95.7 cm³/mol. The summed E-state index contributed by atoms with van der Waals surface area (Å²) >= 11 is 0. The number of rotatable bonds is 3. The van der Waals surface area contributed by atoms with Crippen LogP contribution in [0.1, 0.15) is 43.0 Å². The zero-order valence-electron chi connectivity index (χ0n) is 13.9. The monoisotopic (exact) mass is 361 g/mol. The van der Waals surface area contributed by atoms with Crippen molar-refractivity contribution in [2.75, 3.05) is 0 Å². The maximum Gasteiger partial charge on any atom is 0.261 e. The topological polar surface area (TPSA) is 99.8 Å². The highest BCUT2D eigenvalue weighted by molar-refractivity contribution is 5.85. The summed E-state index contributed by atoms with van der Waals surface area (Å²) in [5.41, 5.74) is 7.42. The van der Waals surface area contributed by atoms with Crippen LogP contribution in [-0.2, 0) is 12.1 Å². The first-order valence-corrected chi connectivity index (χ1v) is 8.13. The molecule has 2 N–H and O–H groups in total. The van der Waals surface area contributed by atoms with Crippen molar-refractivity contribution < 1.29 is 4.52 Å². The number of para-hydroxylation sites is 1. The van der Waals surface area contributed by atoms with Crippen LogP contribution in [0.15, 0.2) is 33.8 Å². The highest BCUT2D eigenvalue weighted by atomic mass is 35.5. The third kappa shape index (κ3) is 3.05. The average Bonchev–Trinajstić information content (AvgIpc) is 3.21. The second kappa shape index (κ2) is 6.57. The molecule has 25 heavy (non-hydrogen) atoms. The molecule has 0 amide bonds. The largest absolute Gasteiger partial charge is 0.337 e. The highest BCUT2D eigenvalue weighted by Crippen LogP contribution is 2.34. The first-order valence-electron chi connectivity index (χ1n) is 8.13. The molecule has 1 aromatic carbocycles. The van der Waals surface area contributed by atoms with E-state index in [0.29, 0.717) is 17.1 Å². The van der Waals surface area contributed by atoms with Gasteiger partial charge in [-0.25, -0.2) is 4.98 Å². The Balaban J connectivity index is 0.00000182. The van der Waals surface area contributed by atoms with E-state index < -0.39 is 5.54 Å². The lowest BCUT2D eigenvalue weighted by Gasteiger charge is -2.17. The van der Waals surface area contributed by atoms with E-state index in [1.54, 1.807) is 6.07 Å². The molecule has 1 aliphatic carbocycles. The van der Waals surface area contributed by atoms with Gasteiger partial charge in [-0.15, -0.1) is 12.4 Å². The molecule has 3 aromatic rings. The summed E-state index contributed by atoms with van der Waals surface area (Å²) in [4.78, 5) is 21.4. The smallest absolute Gasteiger partial charge is 0.261 e. The third-order valence-corrected chi connectivity index (χ3v) is 4.77. The van der Waals surface area contributed by atoms with Crippen LogP contribution in [0.2, 0.25) is 0 Å². The zero-order chi connectivity index (χ0) is 16.7. The van der Waals surface area contributed by atoms with E-state index in [1.807, 2.05) is 19.1 Å². The van der Waals surface area contributed by atoms with Gasteiger partial charge in [0.2, 0.25) is 5.89 Å². The number of fused-ring (bicyclic) bond motifs is 1. The van der Waals surface area contributed by atoms with Crippen molar-refractivity contribution >= 4 is 23.3 Å². The van der Waals surface area contributed by atoms with Crippen LogP contribution in [0.25, 0.3) is 10.9 Å². The Hall–Kier alpha value is -2.25. The summed E-state index contributed by atoms with van der Waals surface area (Å²) < 4.78 is 6.79. The molecule has 1 fully saturated rings. The summed E-state index contributed by atoms with van der Waals surface area (Å²) in [5, 5.41) is 4.61. The van der Waals surface area contributed by atoms with Crippen molar-refractivity contribution in [2.45, 2.75) is 44.7 Å². The summed E-state index contributed by atoms with van der Waals surface area (Å²) in [6.45, 7) is 2.13. The molecular weight excluding hydrogens is 342 g/mol. The first kappa shape index (κ1) is 17.6. The van der Waals surface area contributed by atoms with Gasteiger partial charge in [0.15, 0.2) is 5.82 Å². The second-order valence-corrected chi connectivity index (χ2v) is 6.52. The maximum absolute atomic E-state index is 12.6. The normalized spacial score (nSPS) is 16.1. The summed E-state index contributed by atoms with van der Waals surface area (Å²) in [5.74, 6) is 0.908. The number of hydrogen-bond donors (Lipinski definition) is 1. The van der Waals surface area contributed by atoms with Crippen LogP contribution in [0.3, 0.4) is 0 Å². The Labute approximate surface area is 150 Å². The molecule has 0 atom stereocenters. The van der Waals surface area contributed by atoms with E-state index in [-0.39, 0.29) is 24.5 Å². The molecular formula is C17H20ClN5O2. The predicted octanol–water partition coefficient (Wildman–Crippen LogP) is 2.29. The number of aryl methyl sites for hydroxylation is 1. The molecule has 8 heteroatoms. The van der Waals surface area contributed by atoms with Crippen molar-refractivity contribution in [1.29, 1.82) is 0 Å². The van der Waals surface area contributed by atoms with Gasteiger partial charge in [-0.1, -0.05) is 30.1 Å². The molecule has 1 aliphatic rings. The van der Waals surface area contributed by atoms with Crippen LogP contribution in [0.5, 0.6) is 0 Å². The number of halogens is 1. The lowest BCUT2D eigenvalue weighted by Crippen LogP contribution is -2.34. The number of nitrogens with two attached hydrogens (primary N) is 1. The maximum atomic E-state index is 12.6. The van der Waals surface area contributed by atoms with Crippen molar-refractivity contribution in [3.05, 3.63) is 52.2 Å². The van der Waals surface area contributed by atoms with E-state index in [0.717, 1.165) is 36.8 Å². The fourth-order valence-corrected chi connectivity index (χ4v) is 3.35. The molecule has 1 saturated carbocycles. The van der Waals surface area contributed by atoms with Gasteiger partial charge >= 0.3 is 0 Å². The summed E-state index contributed by atoms with van der Waals surface area (Å²) in [6.07, 6.45) is 5.41. The van der Waals surface area contributed by atoms with Gasteiger partial charge in [-0.2, -0.15) is 4.98 Å². The first-order chi connectivity index (χ1) is 11.6. The van der Waals surface area contributed by atoms with Crippen molar-refractivity contribution in [3.8, 4) is 0 Å². The molecule has 0 unspecified atom stereocenters. The fourth-order valence-electron chi connectivity index (χ4n) is 3.35. The molecule has 7 nitrogen and oxygen atoms in total. The molecule has 2 aromatic heterocycles. The molecule has 2 heterocycles. The van der Waals surface area contributed by atoms with Gasteiger partial charge in [-0.05, 0) is 31.4 Å². The van der Waals surface area contributed by atoms with Gasteiger partial charge in [0.25, 0.3) is 5.56 Å². The minimum Gasteiger partial charge on any atom is -0.337 e. The SMILES string of the molecule is Cc1cccc2c(=O)n(Cc3nc(C4(N)CCCC4)no3)cnc12.Cl. The van der Waals surface area contributed by atoms with Gasteiger partial charge in [-0.3, -0.25) is 9.36 Å². The second-order valence-electron chi connectivity index (χ2n) is 6.52. The fraction of sp³-hybridized carbons (Fsp3) is 0.412. The quantitative estimate of drug-likeness (QED) is 0.768.